The van der Waals surface area contributed by atoms with Gasteiger partial charge in [-0.15, -0.1) is 11.8 Å². The minimum Gasteiger partial charge on any atom is -0.322 e. The van der Waals surface area contributed by atoms with E-state index in [1.54, 1.807) is 11.8 Å². The number of aryl methyl sites for hydroxylation is 2. The fourth-order valence-corrected chi connectivity index (χ4v) is 4.84. The molecule has 1 aliphatic heterocycles. The third kappa shape index (κ3) is 4.12. The Morgan fingerprint density at radius 3 is 2.67 bits per heavy atom. The van der Waals surface area contributed by atoms with E-state index in [2.05, 4.69) is 24.4 Å². The topological polar surface area (TPSA) is 49.4 Å². The first-order chi connectivity index (χ1) is 14.6. The number of carbonyl (C=O) groups excluding carboxylic acids is 2. The molecule has 0 spiro atoms. The number of benzene rings is 3. The van der Waals surface area contributed by atoms with Gasteiger partial charge in [0.15, 0.2) is 0 Å². The van der Waals surface area contributed by atoms with E-state index in [1.807, 2.05) is 72.5 Å². The third-order valence-corrected chi connectivity index (χ3v) is 6.50. The number of hydrogen-bond acceptors (Lipinski definition) is 3. The van der Waals surface area contributed by atoms with Crippen LogP contribution in [0.2, 0.25) is 0 Å². The summed E-state index contributed by atoms with van der Waals surface area (Å²) in [6.07, 6.45) is 0.925. The highest BCUT2D eigenvalue weighted by molar-refractivity contribution is 8.00. The molecule has 0 radical (unpaired) electrons. The zero-order valence-electron chi connectivity index (χ0n) is 17.1. The van der Waals surface area contributed by atoms with Crippen molar-refractivity contribution in [3.63, 3.8) is 0 Å². The van der Waals surface area contributed by atoms with E-state index in [9.17, 15) is 9.59 Å². The van der Waals surface area contributed by atoms with Crippen LogP contribution >= 0.6 is 11.8 Å². The Balaban J connectivity index is 1.60. The molecule has 2 amide bonds. The average molecular weight is 417 g/mol. The summed E-state index contributed by atoms with van der Waals surface area (Å²) in [5.41, 5.74) is 5.44. The van der Waals surface area contributed by atoms with E-state index < -0.39 is 0 Å². The maximum Gasteiger partial charge on any atom is 0.255 e. The molecule has 0 bridgehead atoms. The van der Waals surface area contributed by atoms with Crippen LogP contribution in [-0.2, 0) is 11.2 Å². The molecule has 1 N–H and O–H groups in total. The Morgan fingerprint density at radius 1 is 1.07 bits per heavy atom. The molecule has 3 aromatic carbocycles. The van der Waals surface area contributed by atoms with Crippen molar-refractivity contribution < 1.29 is 9.59 Å². The monoisotopic (exact) mass is 416 g/mol. The zero-order valence-corrected chi connectivity index (χ0v) is 17.9. The third-order valence-electron chi connectivity index (χ3n) is 5.28. The second kappa shape index (κ2) is 8.76. The van der Waals surface area contributed by atoms with Gasteiger partial charge in [0.05, 0.1) is 5.75 Å². The highest BCUT2D eigenvalue weighted by Gasteiger charge is 2.34. The molecule has 4 nitrogen and oxygen atoms in total. The van der Waals surface area contributed by atoms with Crippen molar-refractivity contribution in [2.75, 3.05) is 16.0 Å². The van der Waals surface area contributed by atoms with Crippen molar-refractivity contribution in [2.24, 2.45) is 0 Å². The molecule has 1 atom stereocenters. The van der Waals surface area contributed by atoms with Crippen LogP contribution in [0.1, 0.15) is 39.3 Å². The summed E-state index contributed by atoms with van der Waals surface area (Å²) in [4.78, 5) is 27.2. The molecule has 0 unspecified atom stereocenters. The van der Waals surface area contributed by atoms with Crippen LogP contribution in [0.25, 0.3) is 0 Å². The molecule has 0 aromatic heterocycles. The van der Waals surface area contributed by atoms with Gasteiger partial charge in [0.1, 0.15) is 5.37 Å². The molecule has 1 fully saturated rings. The minimum atomic E-state index is -0.132. The number of thioether (sulfide) groups is 1. The van der Waals surface area contributed by atoms with Crippen LogP contribution in [0, 0.1) is 6.92 Å². The van der Waals surface area contributed by atoms with Crippen LogP contribution in [0.3, 0.4) is 0 Å². The summed E-state index contributed by atoms with van der Waals surface area (Å²) in [6, 6.07) is 23.4. The van der Waals surface area contributed by atoms with E-state index in [4.69, 9.17) is 0 Å². The van der Waals surface area contributed by atoms with Crippen molar-refractivity contribution in [2.45, 2.75) is 25.6 Å². The second-order valence-electron chi connectivity index (χ2n) is 7.35. The van der Waals surface area contributed by atoms with Gasteiger partial charge >= 0.3 is 0 Å². The van der Waals surface area contributed by atoms with E-state index in [1.165, 1.54) is 5.56 Å². The fraction of sp³-hybridized carbons (Fsp3) is 0.200. The van der Waals surface area contributed by atoms with Crippen molar-refractivity contribution in [3.05, 3.63) is 95.1 Å². The molecule has 0 saturated carbocycles. The number of nitrogens with one attached hydrogen (secondary N) is 1. The van der Waals surface area contributed by atoms with Crippen LogP contribution in [0.4, 0.5) is 11.4 Å². The molecule has 4 rings (SSSR count). The summed E-state index contributed by atoms with van der Waals surface area (Å²) >= 11 is 1.61. The first-order valence-corrected chi connectivity index (χ1v) is 11.1. The van der Waals surface area contributed by atoms with Gasteiger partial charge in [-0.2, -0.15) is 0 Å². The van der Waals surface area contributed by atoms with Gasteiger partial charge < -0.3 is 5.32 Å². The first kappa shape index (κ1) is 20.2. The Labute approximate surface area is 181 Å². The molecule has 0 aliphatic carbocycles. The van der Waals surface area contributed by atoms with E-state index in [-0.39, 0.29) is 17.2 Å². The number of carbonyl (C=O) groups is 2. The number of nitrogens with zero attached hydrogens (tertiary/aromatic N) is 1. The Bertz CT molecular complexity index is 1100. The van der Waals surface area contributed by atoms with Crippen LogP contribution < -0.4 is 10.2 Å². The summed E-state index contributed by atoms with van der Waals surface area (Å²) in [5, 5.41) is 2.88. The maximum atomic E-state index is 12.7. The lowest BCUT2D eigenvalue weighted by Crippen LogP contribution is -2.28. The molecule has 1 heterocycles. The molecule has 5 heteroatoms. The Kier molecular flexibility index (Phi) is 5.91. The quantitative estimate of drug-likeness (QED) is 0.590. The number of hydrogen-bond donors (Lipinski definition) is 1. The molecular formula is C25H24N2O2S. The molecule has 152 valence electrons. The lowest BCUT2D eigenvalue weighted by Gasteiger charge is -2.25. The molecular weight excluding hydrogens is 392 g/mol. The molecule has 1 aliphatic rings. The lowest BCUT2D eigenvalue weighted by molar-refractivity contribution is -0.115. The number of rotatable bonds is 5. The smallest absolute Gasteiger partial charge is 0.255 e. The van der Waals surface area contributed by atoms with Gasteiger partial charge in [0, 0.05) is 16.9 Å². The molecule has 1 saturated heterocycles. The predicted octanol–water partition coefficient (Wildman–Crippen LogP) is 5.59. The maximum absolute atomic E-state index is 12.7. The number of amides is 2. The lowest BCUT2D eigenvalue weighted by atomic mass is 10.1. The van der Waals surface area contributed by atoms with E-state index in [0.29, 0.717) is 11.3 Å². The summed E-state index contributed by atoms with van der Waals surface area (Å²) in [7, 11) is 0. The van der Waals surface area contributed by atoms with Crippen molar-refractivity contribution in [3.8, 4) is 0 Å². The molecule has 3 aromatic rings. The largest absolute Gasteiger partial charge is 0.322 e. The highest BCUT2D eigenvalue weighted by Crippen LogP contribution is 2.42. The molecule has 30 heavy (non-hydrogen) atoms. The van der Waals surface area contributed by atoms with Crippen molar-refractivity contribution in [1.29, 1.82) is 0 Å². The summed E-state index contributed by atoms with van der Waals surface area (Å²) in [6.45, 7) is 4.03. The summed E-state index contributed by atoms with van der Waals surface area (Å²) < 4.78 is 0. The standard InChI is InChI=1S/C25H24N2O2S/c1-3-18-9-6-12-21(14-18)27-23(28)16-30-25(27)19-10-7-11-20(15-19)26-24(29)22-13-5-4-8-17(22)2/h4-15,25H,3,16H2,1-2H3,(H,26,29)/t25-/m0/s1. The van der Waals surface area contributed by atoms with Gasteiger partial charge in [-0.3, -0.25) is 14.5 Å². The normalized spacial score (nSPS) is 16.0. The first-order valence-electron chi connectivity index (χ1n) is 10.1. The Hall–Kier alpha value is -3.05. The van der Waals surface area contributed by atoms with Gasteiger partial charge in [-0.25, -0.2) is 0 Å². The highest BCUT2D eigenvalue weighted by atomic mass is 32.2. The Morgan fingerprint density at radius 2 is 1.87 bits per heavy atom. The zero-order chi connectivity index (χ0) is 21.1. The van der Waals surface area contributed by atoms with Gasteiger partial charge in [0.25, 0.3) is 5.91 Å². The predicted molar refractivity (Wildman–Crippen MR) is 124 cm³/mol. The van der Waals surface area contributed by atoms with Crippen LogP contribution in [0.15, 0.2) is 72.8 Å². The summed E-state index contributed by atoms with van der Waals surface area (Å²) in [5.74, 6) is 0.418. The SMILES string of the molecule is CCc1cccc(N2C(=O)CS[C@H]2c2cccc(NC(=O)c3ccccc3C)c2)c1. The van der Waals surface area contributed by atoms with E-state index in [0.717, 1.165) is 28.9 Å². The van der Waals surface area contributed by atoms with Crippen LogP contribution in [0.5, 0.6) is 0 Å². The van der Waals surface area contributed by atoms with Gasteiger partial charge in [0.2, 0.25) is 5.91 Å². The average Bonchev–Trinajstić information content (AvgIpc) is 3.15. The van der Waals surface area contributed by atoms with Crippen molar-refractivity contribution in [1.82, 2.24) is 0 Å². The van der Waals surface area contributed by atoms with Crippen LogP contribution in [-0.4, -0.2) is 17.6 Å². The fourth-order valence-electron chi connectivity index (χ4n) is 3.67. The van der Waals surface area contributed by atoms with E-state index >= 15 is 0 Å². The van der Waals surface area contributed by atoms with Gasteiger partial charge in [-0.05, 0) is 60.4 Å². The minimum absolute atomic E-state index is 0.104. The number of anilines is 2. The van der Waals surface area contributed by atoms with Crippen molar-refractivity contribution >= 4 is 35.0 Å². The second-order valence-corrected chi connectivity index (χ2v) is 8.41. The van der Waals surface area contributed by atoms with Gasteiger partial charge in [-0.1, -0.05) is 49.4 Å².